The van der Waals surface area contributed by atoms with Gasteiger partial charge >= 0.3 is 0 Å². The molecule has 0 aliphatic rings. The highest BCUT2D eigenvalue weighted by molar-refractivity contribution is 7.79. The summed E-state index contributed by atoms with van der Waals surface area (Å²) in [6, 6.07) is 0. The highest BCUT2D eigenvalue weighted by Crippen LogP contribution is 2.12. The molecule has 0 saturated heterocycles. The first-order valence-electron chi connectivity index (χ1n) is 3.28. The van der Waals surface area contributed by atoms with Gasteiger partial charge < -0.3 is 4.55 Å². The van der Waals surface area contributed by atoms with Crippen LogP contribution in [0.3, 0.4) is 0 Å². The molecule has 1 unspecified atom stereocenters. The molecule has 0 amide bonds. The smallest absolute Gasteiger partial charge is 0.0216 e. The monoisotopic (exact) mass is 161 g/mol. The van der Waals surface area contributed by atoms with E-state index >= 15 is 0 Å². The van der Waals surface area contributed by atoms with Gasteiger partial charge in [-0.3, -0.25) is 4.21 Å². The third kappa shape index (κ3) is 3.13. The van der Waals surface area contributed by atoms with Crippen LogP contribution in [0.2, 0.25) is 0 Å². The minimum atomic E-state index is -1.94. The Morgan fingerprint density at radius 2 is 2.20 bits per heavy atom. The van der Waals surface area contributed by atoms with Crippen molar-refractivity contribution in [3.63, 3.8) is 0 Å². The van der Waals surface area contributed by atoms with Crippen LogP contribution in [0.4, 0.5) is 0 Å². The lowest BCUT2D eigenvalue weighted by molar-refractivity contribution is 0.487. The Bertz CT molecular complexity index is 134. The highest BCUT2D eigenvalue weighted by Gasteiger charge is 2.09. The maximum absolute atomic E-state index is 10.4. The molecule has 0 fully saturated rings. The molecule has 0 spiro atoms. The fraction of sp³-hybridized carbons (Fsp3) is 0.714. The molecule has 60 valence electrons. The number of hydrogen-bond acceptors (Lipinski definition) is 2. The minimum Gasteiger partial charge on any atom is -0.772 e. The van der Waals surface area contributed by atoms with Gasteiger partial charge in [0.05, 0.1) is 0 Å². The van der Waals surface area contributed by atoms with E-state index in [-0.39, 0.29) is 11.2 Å². The average molecular weight is 161 g/mol. The van der Waals surface area contributed by atoms with E-state index in [1.54, 1.807) is 13.0 Å². The molecule has 0 aromatic rings. The maximum Gasteiger partial charge on any atom is 0.0216 e. The van der Waals surface area contributed by atoms with E-state index in [1.165, 1.54) is 0 Å². The number of allylic oxidation sites excluding steroid dienone is 1. The lowest BCUT2D eigenvalue weighted by Crippen LogP contribution is -2.18. The van der Waals surface area contributed by atoms with Crippen LogP contribution in [0.5, 0.6) is 0 Å². The van der Waals surface area contributed by atoms with Crippen LogP contribution < -0.4 is 0 Å². The summed E-state index contributed by atoms with van der Waals surface area (Å²) in [4.78, 5) is 0. The number of rotatable bonds is 4. The maximum atomic E-state index is 10.4. The fourth-order valence-electron chi connectivity index (χ4n) is 0.644. The van der Waals surface area contributed by atoms with Crippen LogP contribution in [0, 0.1) is 5.92 Å². The summed E-state index contributed by atoms with van der Waals surface area (Å²) in [5, 5.41) is -0.266. The van der Waals surface area contributed by atoms with Crippen molar-refractivity contribution in [3.8, 4) is 0 Å². The van der Waals surface area contributed by atoms with Gasteiger partial charge in [0, 0.05) is 5.25 Å². The Morgan fingerprint density at radius 1 is 1.70 bits per heavy atom. The molecule has 0 aromatic heterocycles. The van der Waals surface area contributed by atoms with Crippen molar-refractivity contribution >= 4 is 11.1 Å². The molecule has 0 aliphatic heterocycles. The summed E-state index contributed by atoms with van der Waals surface area (Å²) in [6.45, 7) is 7.15. The third-order valence-electron chi connectivity index (χ3n) is 1.64. The lowest BCUT2D eigenvalue weighted by atomic mass is 10.1. The Morgan fingerprint density at radius 3 is 2.50 bits per heavy atom. The predicted octanol–water partition coefficient (Wildman–Crippen LogP) is 1.47. The molecule has 0 aliphatic carbocycles. The van der Waals surface area contributed by atoms with Crippen molar-refractivity contribution < 1.29 is 8.76 Å². The Hall–Kier alpha value is -0.150. The standard InChI is InChI=1S/C7H14O2S/c1-4-5-6(2)7(3)10(8)9/h4,6-7H,1,5H2,2-3H3,(H,8,9)/p-1/t6-,7+/m0/s1. The van der Waals surface area contributed by atoms with Crippen LogP contribution >= 0.6 is 0 Å². The first-order valence-corrected chi connectivity index (χ1v) is 4.42. The fourth-order valence-corrected chi connectivity index (χ4v) is 1.13. The molecule has 3 atom stereocenters. The second-order valence-corrected chi connectivity index (χ2v) is 3.73. The number of hydrogen-bond donors (Lipinski definition) is 0. The van der Waals surface area contributed by atoms with Crippen LogP contribution in [0.15, 0.2) is 12.7 Å². The largest absolute Gasteiger partial charge is 0.772 e. The molecule has 0 saturated carbocycles. The van der Waals surface area contributed by atoms with Gasteiger partial charge in [-0.25, -0.2) is 0 Å². The zero-order valence-corrected chi connectivity index (χ0v) is 7.19. The van der Waals surface area contributed by atoms with E-state index in [4.69, 9.17) is 0 Å². The van der Waals surface area contributed by atoms with Gasteiger partial charge in [-0.2, -0.15) is 0 Å². The summed E-state index contributed by atoms with van der Waals surface area (Å²) < 4.78 is 20.8. The van der Waals surface area contributed by atoms with Crippen LogP contribution in [0.1, 0.15) is 20.3 Å². The van der Waals surface area contributed by atoms with E-state index < -0.39 is 11.1 Å². The molecule has 0 N–H and O–H groups in total. The molecule has 2 nitrogen and oxygen atoms in total. The van der Waals surface area contributed by atoms with Gasteiger partial charge in [0.1, 0.15) is 0 Å². The molecule has 10 heavy (non-hydrogen) atoms. The van der Waals surface area contributed by atoms with Crippen molar-refractivity contribution in [2.45, 2.75) is 25.5 Å². The lowest BCUT2D eigenvalue weighted by Gasteiger charge is -2.20. The molecule has 0 aromatic carbocycles. The van der Waals surface area contributed by atoms with E-state index in [0.717, 1.165) is 6.42 Å². The minimum absolute atomic E-state index is 0.177. The van der Waals surface area contributed by atoms with E-state index in [9.17, 15) is 8.76 Å². The average Bonchev–Trinajstić information content (AvgIpc) is 1.87. The van der Waals surface area contributed by atoms with Crippen molar-refractivity contribution in [1.29, 1.82) is 0 Å². The SMILES string of the molecule is C=CC[C@H](C)[C@@H](C)S(=O)[O-]. The van der Waals surface area contributed by atoms with Crippen molar-refractivity contribution in [3.05, 3.63) is 12.7 Å². The molecule has 3 heteroatoms. The van der Waals surface area contributed by atoms with Crippen molar-refractivity contribution in [2.75, 3.05) is 0 Å². The molecular formula is C7H13O2S-. The molecule has 0 radical (unpaired) electrons. The Balaban J connectivity index is 3.80. The summed E-state index contributed by atoms with van der Waals surface area (Å²) in [5.41, 5.74) is 0. The highest BCUT2D eigenvalue weighted by atomic mass is 32.2. The van der Waals surface area contributed by atoms with Gasteiger partial charge in [0.15, 0.2) is 0 Å². The van der Waals surface area contributed by atoms with E-state index in [2.05, 4.69) is 6.58 Å². The van der Waals surface area contributed by atoms with Crippen LogP contribution in [0.25, 0.3) is 0 Å². The van der Waals surface area contributed by atoms with Gasteiger partial charge in [0.25, 0.3) is 0 Å². The molecular weight excluding hydrogens is 148 g/mol. The normalized spacial score (nSPS) is 19.5. The summed E-state index contributed by atoms with van der Waals surface area (Å²) in [7, 11) is 0. The van der Waals surface area contributed by atoms with E-state index in [1.807, 2.05) is 6.92 Å². The van der Waals surface area contributed by atoms with Gasteiger partial charge in [-0.05, 0) is 12.3 Å². The zero-order chi connectivity index (χ0) is 8.15. The van der Waals surface area contributed by atoms with Gasteiger partial charge in [-0.15, -0.1) is 6.58 Å². The third-order valence-corrected chi connectivity index (χ3v) is 2.72. The van der Waals surface area contributed by atoms with Crippen LogP contribution in [-0.4, -0.2) is 14.0 Å². The van der Waals surface area contributed by atoms with Crippen molar-refractivity contribution in [1.82, 2.24) is 0 Å². The van der Waals surface area contributed by atoms with Gasteiger partial charge in [-0.1, -0.05) is 31.0 Å². The predicted molar refractivity (Wildman–Crippen MR) is 42.4 cm³/mol. The van der Waals surface area contributed by atoms with E-state index in [0.29, 0.717) is 0 Å². The second kappa shape index (κ2) is 4.63. The Kier molecular flexibility index (Phi) is 4.56. The topological polar surface area (TPSA) is 40.1 Å². The first kappa shape index (κ1) is 9.85. The summed E-state index contributed by atoms with van der Waals surface area (Å²) in [5.74, 6) is 0.177. The zero-order valence-electron chi connectivity index (χ0n) is 6.37. The first-order chi connectivity index (χ1) is 4.59. The second-order valence-electron chi connectivity index (χ2n) is 2.47. The Labute approximate surface area is 64.6 Å². The summed E-state index contributed by atoms with van der Waals surface area (Å²) >= 11 is -1.94. The quantitative estimate of drug-likeness (QED) is 0.462. The van der Waals surface area contributed by atoms with Gasteiger partial charge in [0.2, 0.25) is 0 Å². The summed E-state index contributed by atoms with van der Waals surface area (Å²) in [6.07, 6.45) is 2.50. The van der Waals surface area contributed by atoms with Crippen molar-refractivity contribution in [2.24, 2.45) is 5.92 Å². The molecule has 0 heterocycles. The molecule has 0 rings (SSSR count). The molecule has 0 bridgehead atoms. The van der Waals surface area contributed by atoms with Crippen LogP contribution in [-0.2, 0) is 11.1 Å².